The number of hydrogen-bond donors (Lipinski definition) is 0. The number of hydrogen-bond acceptors (Lipinski definition) is 2. The monoisotopic (exact) mass is 342 g/mol. The highest BCUT2D eigenvalue weighted by Crippen LogP contribution is 2.24. The molecule has 0 aromatic heterocycles. The molecule has 1 aromatic rings. The van der Waals surface area contributed by atoms with Crippen molar-refractivity contribution in [3.05, 3.63) is 29.8 Å². The first-order valence-corrected chi connectivity index (χ1v) is 8.75. The number of unbranched alkanes of at least 4 members (excludes halogenated alkanes) is 5. The molecule has 0 radical (unpaired) electrons. The van der Waals surface area contributed by atoms with Crippen LogP contribution in [0.5, 0.6) is 5.75 Å². The summed E-state index contributed by atoms with van der Waals surface area (Å²) in [5.41, 5.74) is 1.17. The van der Waals surface area contributed by atoms with Crippen LogP contribution in [0.3, 0.4) is 0 Å². The van der Waals surface area contributed by atoms with Gasteiger partial charge in [-0.25, -0.2) is 0 Å². The van der Waals surface area contributed by atoms with E-state index in [0.717, 1.165) is 24.1 Å². The summed E-state index contributed by atoms with van der Waals surface area (Å²) < 4.78 is 11.2. The van der Waals surface area contributed by atoms with Crippen LogP contribution in [0, 0.1) is 0 Å². The van der Waals surface area contributed by atoms with Crippen molar-refractivity contribution in [1.82, 2.24) is 0 Å². The molecule has 0 amide bonds. The maximum Gasteiger partial charge on any atom is 0.119 e. The Morgan fingerprint density at radius 1 is 1.10 bits per heavy atom. The topological polar surface area (TPSA) is 18.5 Å². The Labute approximate surface area is 132 Å². The van der Waals surface area contributed by atoms with Gasteiger partial charge in [0.15, 0.2) is 0 Å². The second kappa shape index (κ2) is 11.2. The molecule has 1 unspecified atom stereocenters. The molecule has 0 aliphatic carbocycles. The first-order valence-electron chi connectivity index (χ1n) is 7.63. The number of halogens is 1. The van der Waals surface area contributed by atoms with E-state index in [0.29, 0.717) is 0 Å². The molecule has 0 spiro atoms. The molecule has 0 fully saturated rings. The van der Waals surface area contributed by atoms with Crippen LogP contribution in [0.2, 0.25) is 0 Å². The number of rotatable bonds is 11. The van der Waals surface area contributed by atoms with Crippen molar-refractivity contribution in [2.75, 3.05) is 19.0 Å². The van der Waals surface area contributed by atoms with Crippen LogP contribution < -0.4 is 4.74 Å². The minimum Gasteiger partial charge on any atom is -0.497 e. The lowest BCUT2D eigenvalue weighted by Crippen LogP contribution is -2.07. The van der Waals surface area contributed by atoms with Gasteiger partial charge in [0.05, 0.1) is 13.2 Å². The van der Waals surface area contributed by atoms with Gasteiger partial charge in [-0.1, -0.05) is 67.1 Å². The Morgan fingerprint density at radius 2 is 1.85 bits per heavy atom. The molecule has 114 valence electrons. The van der Waals surface area contributed by atoms with E-state index >= 15 is 0 Å². The Kier molecular flexibility index (Phi) is 9.77. The van der Waals surface area contributed by atoms with Crippen LogP contribution in [0.1, 0.15) is 57.1 Å². The van der Waals surface area contributed by atoms with Crippen LogP contribution in [0.15, 0.2) is 24.3 Å². The van der Waals surface area contributed by atoms with E-state index in [1.54, 1.807) is 7.11 Å². The van der Waals surface area contributed by atoms with E-state index in [2.05, 4.69) is 28.9 Å². The summed E-state index contributed by atoms with van der Waals surface area (Å²) in [4.78, 5) is 0. The molecule has 0 heterocycles. The van der Waals surface area contributed by atoms with E-state index in [1.807, 2.05) is 18.2 Å². The SMILES string of the molecule is CCCCCCCCOC(CBr)c1cccc(OC)c1. The third-order valence-electron chi connectivity index (χ3n) is 3.42. The molecular weight excluding hydrogens is 316 g/mol. The lowest BCUT2D eigenvalue weighted by Gasteiger charge is -2.16. The number of methoxy groups -OCH3 is 1. The Hall–Kier alpha value is -0.540. The molecule has 0 bridgehead atoms. The fourth-order valence-electron chi connectivity index (χ4n) is 2.18. The summed E-state index contributed by atoms with van der Waals surface area (Å²) >= 11 is 3.54. The van der Waals surface area contributed by atoms with Crippen LogP contribution >= 0.6 is 15.9 Å². The maximum absolute atomic E-state index is 5.98. The van der Waals surface area contributed by atoms with Gasteiger partial charge in [-0.3, -0.25) is 0 Å². The van der Waals surface area contributed by atoms with Crippen molar-refractivity contribution in [2.24, 2.45) is 0 Å². The molecule has 2 nitrogen and oxygen atoms in total. The van der Waals surface area contributed by atoms with E-state index in [4.69, 9.17) is 9.47 Å². The van der Waals surface area contributed by atoms with Crippen molar-refractivity contribution in [2.45, 2.75) is 51.6 Å². The summed E-state index contributed by atoms with van der Waals surface area (Å²) in [5.74, 6) is 0.886. The number of benzene rings is 1. The van der Waals surface area contributed by atoms with Crippen molar-refractivity contribution in [3.63, 3.8) is 0 Å². The summed E-state index contributed by atoms with van der Waals surface area (Å²) in [6, 6.07) is 8.11. The molecule has 1 atom stereocenters. The van der Waals surface area contributed by atoms with Crippen molar-refractivity contribution >= 4 is 15.9 Å². The van der Waals surface area contributed by atoms with Crippen molar-refractivity contribution < 1.29 is 9.47 Å². The number of alkyl halides is 1. The summed E-state index contributed by atoms with van der Waals surface area (Å²) in [5, 5.41) is 0.815. The average molecular weight is 343 g/mol. The first kappa shape index (κ1) is 17.5. The molecule has 0 saturated heterocycles. The van der Waals surface area contributed by atoms with Gasteiger partial charge in [-0.2, -0.15) is 0 Å². The van der Waals surface area contributed by atoms with Crippen molar-refractivity contribution in [1.29, 1.82) is 0 Å². The molecular formula is C17H27BrO2. The molecule has 1 aromatic carbocycles. The normalized spacial score (nSPS) is 12.3. The van der Waals surface area contributed by atoms with Crippen LogP contribution in [-0.2, 0) is 4.74 Å². The maximum atomic E-state index is 5.98. The van der Waals surface area contributed by atoms with Crippen molar-refractivity contribution in [3.8, 4) is 5.75 Å². The van der Waals surface area contributed by atoms with Gasteiger partial charge >= 0.3 is 0 Å². The third-order valence-corrected chi connectivity index (χ3v) is 4.01. The quantitative estimate of drug-likeness (QED) is 0.390. The van der Waals surface area contributed by atoms with E-state index in [-0.39, 0.29) is 6.10 Å². The standard InChI is InChI=1S/C17H27BrO2/c1-3-4-5-6-7-8-12-20-17(14-18)15-10-9-11-16(13-15)19-2/h9-11,13,17H,3-8,12,14H2,1-2H3. The minimum absolute atomic E-state index is 0.112. The Balaban J connectivity index is 2.28. The van der Waals surface area contributed by atoms with Gasteiger partial charge in [0.2, 0.25) is 0 Å². The van der Waals surface area contributed by atoms with Gasteiger partial charge in [0.25, 0.3) is 0 Å². The highest BCUT2D eigenvalue weighted by molar-refractivity contribution is 9.09. The fraction of sp³-hybridized carbons (Fsp3) is 0.647. The summed E-state index contributed by atoms with van der Waals surface area (Å²) in [6.45, 7) is 3.08. The zero-order valence-corrected chi connectivity index (χ0v) is 14.3. The molecule has 3 heteroatoms. The first-order chi connectivity index (χ1) is 9.81. The largest absolute Gasteiger partial charge is 0.497 e. The molecule has 20 heavy (non-hydrogen) atoms. The molecule has 1 rings (SSSR count). The molecule has 0 N–H and O–H groups in total. The lowest BCUT2D eigenvalue weighted by atomic mass is 10.1. The van der Waals surface area contributed by atoms with E-state index in [1.165, 1.54) is 37.7 Å². The lowest BCUT2D eigenvalue weighted by molar-refractivity contribution is 0.0666. The van der Waals surface area contributed by atoms with Gasteiger partial charge in [-0.15, -0.1) is 0 Å². The predicted molar refractivity (Wildman–Crippen MR) is 88.9 cm³/mol. The Bertz CT molecular complexity index is 355. The van der Waals surface area contributed by atoms with Gasteiger partial charge < -0.3 is 9.47 Å². The zero-order chi connectivity index (χ0) is 14.6. The summed E-state index contributed by atoms with van der Waals surface area (Å²) in [7, 11) is 1.69. The third kappa shape index (κ3) is 6.76. The smallest absolute Gasteiger partial charge is 0.119 e. The zero-order valence-electron chi connectivity index (χ0n) is 12.7. The van der Waals surface area contributed by atoms with Crippen LogP contribution in [-0.4, -0.2) is 19.0 Å². The second-order valence-electron chi connectivity index (χ2n) is 5.06. The fourth-order valence-corrected chi connectivity index (χ4v) is 2.74. The van der Waals surface area contributed by atoms with Gasteiger partial charge in [-0.05, 0) is 24.1 Å². The molecule has 0 aliphatic rings. The predicted octanol–water partition coefficient (Wildman–Crippen LogP) is 5.51. The highest BCUT2D eigenvalue weighted by Gasteiger charge is 2.11. The van der Waals surface area contributed by atoms with E-state index < -0.39 is 0 Å². The van der Waals surface area contributed by atoms with Gasteiger partial charge in [0.1, 0.15) is 5.75 Å². The van der Waals surface area contributed by atoms with Crippen LogP contribution in [0.25, 0.3) is 0 Å². The van der Waals surface area contributed by atoms with Crippen LogP contribution in [0.4, 0.5) is 0 Å². The molecule has 0 aliphatic heterocycles. The Morgan fingerprint density at radius 3 is 2.55 bits per heavy atom. The second-order valence-corrected chi connectivity index (χ2v) is 5.71. The molecule has 0 saturated carbocycles. The average Bonchev–Trinajstić information content (AvgIpc) is 2.50. The van der Waals surface area contributed by atoms with Gasteiger partial charge in [0, 0.05) is 11.9 Å². The van der Waals surface area contributed by atoms with E-state index in [9.17, 15) is 0 Å². The highest BCUT2D eigenvalue weighted by atomic mass is 79.9. The minimum atomic E-state index is 0.112. The number of ether oxygens (including phenoxy) is 2. The summed E-state index contributed by atoms with van der Waals surface area (Å²) in [6.07, 6.45) is 7.88.